The number of esters is 3. The number of ether oxygens (including phenoxy) is 5. The maximum atomic E-state index is 13.4. The van der Waals surface area contributed by atoms with Crippen molar-refractivity contribution in [3.8, 4) is 0 Å². The molecule has 2 fully saturated rings. The fourth-order valence-electron chi connectivity index (χ4n) is 6.28. The molecule has 1 heterocycles. The molecule has 1 aromatic rings. The highest BCUT2D eigenvalue weighted by Crippen LogP contribution is 2.62. The van der Waals surface area contributed by atoms with E-state index in [0.717, 1.165) is 0 Å². The molecule has 4 rings (SSSR count). The first-order chi connectivity index (χ1) is 20.0. The van der Waals surface area contributed by atoms with Crippen molar-refractivity contribution in [1.82, 2.24) is 0 Å². The molecule has 0 N–H and O–H groups in total. The van der Waals surface area contributed by atoms with Crippen molar-refractivity contribution in [3.63, 3.8) is 0 Å². The van der Waals surface area contributed by atoms with Gasteiger partial charge in [0.25, 0.3) is 0 Å². The Balaban J connectivity index is 1.64. The minimum absolute atomic E-state index is 0.0384. The van der Waals surface area contributed by atoms with E-state index in [-0.39, 0.29) is 29.1 Å². The van der Waals surface area contributed by atoms with E-state index < -0.39 is 35.5 Å². The van der Waals surface area contributed by atoms with E-state index in [9.17, 15) is 14.4 Å². The second-order valence-corrected chi connectivity index (χ2v) is 13.6. The van der Waals surface area contributed by atoms with E-state index in [0.29, 0.717) is 48.3 Å². The molecule has 1 saturated carbocycles. The van der Waals surface area contributed by atoms with Gasteiger partial charge in [0, 0.05) is 30.1 Å². The predicted octanol–water partition coefficient (Wildman–Crippen LogP) is 6.36. The third-order valence-corrected chi connectivity index (χ3v) is 8.58. The lowest BCUT2D eigenvalue weighted by molar-refractivity contribution is -0.154. The summed E-state index contributed by atoms with van der Waals surface area (Å²) in [4.78, 5) is 38.5. The third-order valence-electron chi connectivity index (χ3n) is 8.58. The Bertz CT molecular complexity index is 1290. The number of carbonyl (C=O) groups excluding carboxylic acids is 3. The zero-order valence-corrected chi connectivity index (χ0v) is 26.7. The predicted molar refractivity (Wildman–Crippen MR) is 162 cm³/mol. The Morgan fingerprint density at radius 1 is 1.07 bits per heavy atom. The normalized spacial score (nSPS) is 25.4. The van der Waals surface area contributed by atoms with E-state index in [4.69, 9.17) is 23.7 Å². The first-order valence-corrected chi connectivity index (χ1v) is 15.1. The van der Waals surface area contributed by atoms with Gasteiger partial charge in [-0.2, -0.15) is 0 Å². The van der Waals surface area contributed by atoms with Crippen molar-refractivity contribution in [3.05, 3.63) is 71.3 Å². The zero-order valence-electron chi connectivity index (χ0n) is 26.7. The second kappa shape index (κ2) is 12.4. The van der Waals surface area contributed by atoms with Crippen LogP contribution in [0.3, 0.4) is 0 Å². The van der Waals surface area contributed by atoms with Crippen LogP contribution in [0.5, 0.6) is 0 Å². The largest absolute Gasteiger partial charge is 0.457 e. The second-order valence-electron chi connectivity index (χ2n) is 13.6. The highest BCUT2D eigenvalue weighted by atomic mass is 16.7. The summed E-state index contributed by atoms with van der Waals surface area (Å²) >= 11 is 0. The standard InChI is InChI=1S/C35H46O8/c1-21-17-28(35(20-21)39-15-16-40-35)30(41-24(4)36)23(3)29(42-32(38)25-13-11-10-12-14-25)19-27-26(34(27,8)9)18-22(2)31(37)43-33(5,6)7/h10-14,17-18,21,26-27,29-30H,3,15-16,19-20H2,1-2,4-9H3/b22-18+/t21-,26-,27+,29-,30+/m1/s1. The fraction of sp³-hybridized carbons (Fsp3) is 0.571. The molecular weight excluding hydrogens is 548 g/mol. The lowest BCUT2D eigenvalue weighted by Gasteiger charge is -2.34. The molecular formula is C35H46O8. The molecule has 1 aliphatic heterocycles. The lowest BCUT2D eigenvalue weighted by atomic mass is 9.90. The molecule has 0 radical (unpaired) electrons. The van der Waals surface area contributed by atoms with E-state index in [1.807, 2.05) is 39.0 Å². The minimum Gasteiger partial charge on any atom is -0.457 e. The first-order valence-electron chi connectivity index (χ1n) is 15.1. The Morgan fingerprint density at radius 3 is 2.28 bits per heavy atom. The Morgan fingerprint density at radius 2 is 1.70 bits per heavy atom. The molecule has 234 valence electrons. The average Bonchev–Trinajstić information content (AvgIpc) is 3.26. The molecule has 3 aliphatic rings. The smallest absolute Gasteiger partial charge is 0.338 e. The van der Waals surface area contributed by atoms with Crippen LogP contribution in [0.4, 0.5) is 0 Å². The third kappa shape index (κ3) is 7.47. The van der Waals surface area contributed by atoms with Gasteiger partial charge in [-0.3, -0.25) is 4.79 Å². The highest BCUT2D eigenvalue weighted by Gasteiger charge is 2.58. The molecule has 5 atom stereocenters. The van der Waals surface area contributed by atoms with Gasteiger partial charge in [0.05, 0.1) is 18.8 Å². The Kier molecular flexibility index (Phi) is 9.43. The molecule has 8 heteroatoms. The average molecular weight is 595 g/mol. The van der Waals surface area contributed by atoms with Gasteiger partial charge in [0.1, 0.15) is 11.7 Å². The molecule has 1 aromatic carbocycles. The van der Waals surface area contributed by atoms with Crippen molar-refractivity contribution in [2.24, 2.45) is 23.2 Å². The fourth-order valence-corrected chi connectivity index (χ4v) is 6.28. The van der Waals surface area contributed by atoms with Gasteiger partial charge in [-0.05, 0) is 69.4 Å². The van der Waals surface area contributed by atoms with Gasteiger partial charge in [-0.25, -0.2) is 9.59 Å². The van der Waals surface area contributed by atoms with E-state index >= 15 is 0 Å². The molecule has 1 saturated heterocycles. The monoisotopic (exact) mass is 594 g/mol. The Labute approximate surface area is 255 Å². The van der Waals surface area contributed by atoms with Crippen LogP contribution in [0.2, 0.25) is 0 Å². The van der Waals surface area contributed by atoms with Gasteiger partial charge in [-0.15, -0.1) is 0 Å². The topological polar surface area (TPSA) is 97.4 Å². The van der Waals surface area contributed by atoms with Crippen molar-refractivity contribution in [2.75, 3.05) is 13.2 Å². The summed E-state index contributed by atoms with van der Waals surface area (Å²) in [6.45, 7) is 20.1. The lowest BCUT2D eigenvalue weighted by Crippen LogP contribution is -2.40. The van der Waals surface area contributed by atoms with Crippen LogP contribution in [-0.2, 0) is 33.3 Å². The molecule has 43 heavy (non-hydrogen) atoms. The molecule has 0 amide bonds. The van der Waals surface area contributed by atoms with Gasteiger partial charge < -0.3 is 23.7 Å². The quantitative estimate of drug-likeness (QED) is 0.134. The van der Waals surface area contributed by atoms with Crippen molar-refractivity contribution in [1.29, 1.82) is 0 Å². The van der Waals surface area contributed by atoms with Crippen LogP contribution in [0.15, 0.2) is 65.8 Å². The molecule has 0 bridgehead atoms. The minimum atomic E-state index is -1.01. The number of hydrogen-bond donors (Lipinski definition) is 0. The van der Waals surface area contributed by atoms with E-state index in [1.165, 1.54) is 6.92 Å². The van der Waals surface area contributed by atoms with Crippen LogP contribution in [0.25, 0.3) is 0 Å². The van der Waals surface area contributed by atoms with Crippen molar-refractivity contribution >= 4 is 17.9 Å². The van der Waals surface area contributed by atoms with E-state index in [2.05, 4.69) is 27.4 Å². The van der Waals surface area contributed by atoms with Crippen LogP contribution in [0.1, 0.15) is 78.6 Å². The van der Waals surface area contributed by atoms with Crippen molar-refractivity contribution < 1.29 is 38.1 Å². The summed E-state index contributed by atoms with van der Waals surface area (Å²) < 4.78 is 29.8. The van der Waals surface area contributed by atoms with Crippen LogP contribution >= 0.6 is 0 Å². The summed E-state index contributed by atoms with van der Waals surface area (Å²) in [5.41, 5.74) is 1.27. The van der Waals surface area contributed by atoms with Crippen LogP contribution in [-0.4, -0.2) is 54.7 Å². The van der Waals surface area contributed by atoms with Crippen molar-refractivity contribution in [2.45, 2.75) is 91.8 Å². The zero-order chi connectivity index (χ0) is 31.7. The van der Waals surface area contributed by atoms with Gasteiger partial charge in [0.2, 0.25) is 0 Å². The molecule has 2 aliphatic carbocycles. The summed E-state index contributed by atoms with van der Waals surface area (Å²) in [5, 5.41) is 0. The highest BCUT2D eigenvalue weighted by molar-refractivity contribution is 5.89. The number of rotatable bonds is 10. The maximum absolute atomic E-state index is 13.4. The number of carbonyl (C=O) groups is 3. The summed E-state index contributed by atoms with van der Waals surface area (Å²) in [6, 6.07) is 8.76. The van der Waals surface area contributed by atoms with Gasteiger partial charge >= 0.3 is 17.9 Å². The number of hydrogen-bond acceptors (Lipinski definition) is 8. The molecule has 0 unspecified atom stereocenters. The molecule has 8 nitrogen and oxygen atoms in total. The SMILES string of the molecule is C=C([C@H](OC(C)=O)C1=C[C@@H](C)CC12OCCO2)[C@@H](C[C@H]1[C@@H](/C=C(\C)C(=O)OC(C)(C)C)C1(C)C)OC(=O)c1ccccc1. The Hall–Kier alpha value is -3.23. The van der Waals surface area contributed by atoms with Gasteiger partial charge in [0.15, 0.2) is 11.9 Å². The number of allylic oxidation sites excluding steroid dienone is 2. The summed E-state index contributed by atoms with van der Waals surface area (Å²) in [5.74, 6) is -2.14. The summed E-state index contributed by atoms with van der Waals surface area (Å²) in [6.07, 6.45) is 3.27. The van der Waals surface area contributed by atoms with Crippen LogP contribution < -0.4 is 0 Å². The van der Waals surface area contributed by atoms with E-state index in [1.54, 1.807) is 31.2 Å². The molecule has 1 spiro atoms. The number of benzene rings is 1. The van der Waals surface area contributed by atoms with Crippen LogP contribution in [0, 0.1) is 23.2 Å². The maximum Gasteiger partial charge on any atom is 0.338 e. The molecule has 0 aromatic heterocycles. The van der Waals surface area contributed by atoms with Gasteiger partial charge in [-0.1, -0.05) is 57.7 Å². The first kappa shape index (κ1) is 32.7. The summed E-state index contributed by atoms with van der Waals surface area (Å²) in [7, 11) is 0.